The Bertz CT molecular complexity index is 424. The van der Waals surface area contributed by atoms with E-state index in [4.69, 9.17) is 11.6 Å². The summed E-state index contributed by atoms with van der Waals surface area (Å²) < 4.78 is 1.65. The molecule has 0 amide bonds. The molecule has 2 rings (SSSR count). The van der Waals surface area contributed by atoms with Gasteiger partial charge in [0.2, 0.25) is 0 Å². The van der Waals surface area contributed by atoms with Gasteiger partial charge in [-0.15, -0.1) is 5.10 Å². The molecule has 0 fully saturated rings. The third kappa shape index (κ3) is 1.53. The average molecular weight is 195 g/mol. The minimum Gasteiger partial charge on any atom is -0.246 e. The Morgan fingerprint density at radius 3 is 2.85 bits per heavy atom. The summed E-state index contributed by atoms with van der Waals surface area (Å²) in [5.74, 6) is 0. The molecule has 0 saturated heterocycles. The molecule has 13 heavy (non-hydrogen) atoms. The number of pyridine rings is 1. The first kappa shape index (κ1) is 8.19. The summed E-state index contributed by atoms with van der Waals surface area (Å²) in [4.78, 5) is 4.14. The minimum absolute atomic E-state index is 0.471. The lowest BCUT2D eigenvalue weighted by atomic mass is 10.3. The Labute approximate surface area is 80.2 Å². The van der Waals surface area contributed by atoms with Gasteiger partial charge in [-0.1, -0.05) is 22.9 Å². The predicted molar refractivity (Wildman–Crippen MR) is 49.2 cm³/mol. The first-order chi connectivity index (χ1) is 6.27. The lowest BCUT2D eigenvalue weighted by molar-refractivity contribution is 0.719. The van der Waals surface area contributed by atoms with Crippen LogP contribution in [0.3, 0.4) is 0 Å². The van der Waals surface area contributed by atoms with Gasteiger partial charge in [-0.05, 0) is 12.1 Å². The molecule has 0 unspecified atom stereocenters. The molecule has 5 heteroatoms. The van der Waals surface area contributed by atoms with Crippen molar-refractivity contribution in [3.63, 3.8) is 0 Å². The standard InChI is InChI=1S/C8H7ClN4/c1-13-7(5-10-12-13)6-3-2-4-8(9)11-6/h2-5H,1H3. The van der Waals surface area contributed by atoms with Crippen LogP contribution in [0.1, 0.15) is 0 Å². The lowest BCUT2D eigenvalue weighted by Crippen LogP contribution is -1.95. The molecule has 0 N–H and O–H groups in total. The number of nitrogens with zero attached hydrogens (tertiary/aromatic N) is 4. The van der Waals surface area contributed by atoms with Crippen molar-refractivity contribution in [1.29, 1.82) is 0 Å². The molecule has 66 valence electrons. The monoisotopic (exact) mass is 194 g/mol. The van der Waals surface area contributed by atoms with E-state index < -0.39 is 0 Å². The van der Waals surface area contributed by atoms with Crippen molar-refractivity contribution in [2.75, 3.05) is 0 Å². The summed E-state index contributed by atoms with van der Waals surface area (Å²) in [6.45, 7) is 0. The zero-order chi connectivity index (χ0) is 9.26. The van der Waals surface area contributed by atoms with Crippen LogP contribution in [0.2, 0.25) is 5.15 Å². The summed E-state index contributed by atoms with van der Waals surface area (Å²) in [6, 6.07) is 5.44. The van der Waals surface area contributed by atoms with Crippen LogP contribution in [-0.4, -0.2) is 20.0 Å². The van der Waals surface area contributed by atoms with E-state index >= 15 is 0 Å². The average Bonchev–Trinajstić information content (AvgIpc) is 2.51. The van der Waals surface area contributed by atoms with Gasteiger partial charge in [0.05, 0.1) is 11.9 Å². The highest BCUT2D eigenvalue weighted by Gasteiger charge is 2.04. The fourth-order valence-corrected chi connectivity index (χ4v) is 1.24. The SMILES string of the molecule is Cn1nncc1-c1cccc(Cl)n1. The second kappa shape index (κ2) is 3.14. The Kier molecular flexibility index (Phi) is 1.98. The van der Waals surface area contributed by atoms with Crippen LogP contribution in [-0.2, 0) is 7.05 Å². The predicted octanol–water partition coefficient (Wildman–Crippen LogP) is 1.53. The molecule has 0 radical (unpaired) electrons. The second-order valence-electron chi connectivity index (χ2n) is 2.59. The van der Waals surface area contributed by atoms with Gasteiger partial charge in [0.25, 0.3) is 0 Å². The number of rotatable bonds is 1. The minimum atomic E-state index is 0.471. The van der Waals surface area contributed by atoms with Crippen molar-refractivity contribution in [1.82, 2.24) is 20.0 Å². The van der Waals surface area contributed by atoms with Gasteiger partial charge in [0.1, 0.15) is 10.8 Å². The van der Waals surface area contributed by atoms with Crippen molar-refractivity contribution in [3.8, 4) is 11.4 Å². The van der Waals surface area contributed by atoms with E-state index in [9.17, 15) is 0 Å². The van der Waals surface area contributed by atoms with Gasteiger partial charge in [-0.3, -0.25) is 0 Å². The molecule has 4 nitrogen and oxygen atoms in total. The molecule has 2 aromatic rings. The zero-order valence-corrected chi connectivity index (χ0v) is 7.73. The fourth-order valence-electron chi connectivity index (χ4n) is 1.07. The van der Waals surface area contributed by atoms with Crippen molar-refractivity contribution in [2.45, 2.75) is 0 Å². The smallest absolute Gasteiger partial charge is 0.129 e. The summed E-state index contributed by atoms with van der Waals surface area (Å²) >= 11 is 5.75. The van der Waals surface area contributed by atoms with E-state index in [0.29, 0.717) is 5.15 Å². The molecule has 0 aromatic carbocycles. The number of halogens is 1. The van der Waals surface area contributed by atoms with Crippen LogP contribution in [0.5, 0.6) is 0 Å². The molecule has 0 aliphatic rings. The van der Waals surface area contributed by atoms with Crippen LogP contribution >= 0.6 is 11.6 Å². The third-order valence-corrected chi connectivity index (χ3v) is 1.90. The Morgan fingerprint density at radius 2 is 2.23 bits per heavy atom. The summed E-state index contributed by atoms with van der Waals surface area (Å²) in [5, 5.41) is 8.03. The highest BCUT2D eigenvalue weighted by molar-refractivity contribution is 6.29. The summed E-state index contributed by atoms with van der Waals surface area (Å²) in [5.41, 5.74) is 1.63. The van der Waals surface area contributed by atoms with Crippen LogP contribution < -0.4 is 0 Å². The number of hydrogen-bond donors (Lipinski definition) is 0. The Morgan fingerprint density at radius 1 is 1.38 bits per heavy atom. The van der Waals surface area contributed by atoms with Gasteiger partial charge in [-0.25, -0.2) is 9.67 Å². The lowest BCUT2D eigenvalue weighted by Gasteiger charge is -1.98. The largest absolute Gasteiger partial charge is 0.246 e. The third-order valence-electron chi connectivity index (χ3n) is 1.69. The van der Waals surface area contributed by atoms with Crippen LogP contribution in [0, 0.1) is 0 Å². The number of aryl methyl sites for hydroxylation is 1. The Balaban J connectivity index is 2.53. The van der Waals surface area contributed by atoms with Crippen molar-refractivity contribution in [3.05, 3.63) is 29.5 Å². The number of aromatic nitrogens is 4. The molecule has 0 atom stereocenters. The fraction of sp³-hybridized carbons (Fsp3) is 0.125. The molecular weight excluding hydrogens is 188 g/mol. The van der Waals surface area contributed by atoms with E-state index in [2.05, 4.69) is 15.3 Å². The highest BCUT2D eigenvalue weighted by atomic mass is 35.5. The van der Waals surface area contributed by atoms with Crippen LogP contribution in [0.4, 0.5) is 0 Å². The van der Waals surface area contributed by atoms with Gasteiger partial charge >= 0.3 is 0 Å². The summed E-state index contributed by atoms with van der Waals surface area (Å²) in [6.07, 6.45) is 1.65. The molecule has 0 spiro atoms. The first-order valence-corrected chi connectivity index (χ1v) is 4.13. The Hall–Kier alpha value is -1.42. The normalized spacial score (nSPS) is 10.3. The van der Waals surface area contributed by atoms with Gasteiger partial charge in [0, 0.05) is 7.05 Å². The molecular formula is C8H7ClN4. The van der Waals surface area contributed by atoms with E-state index in [1.54, 1.807) is 16.9 Å². The van der Waals surface area contributed by atoms with E-state index in [1.165, 1.54) is 0 Å². The summed E-state index contributed by atoms with van der Waals surface area (Å²) in [7, 11) is 1.81. The number of hydrogen-bond acceptors (Lipinski definition) is 3. The van der Waals surface area contributed by atoms with Crippen molar-refractivity contribution in [2.24, 2.45) is 7.05 Å². The van der Waals surface area contributed by atoms with E-state index in [1.807, 2.05) is 19.2 Å². The molecule has 2 aromatic heterocycles. The van der Waals surface area contributed by atoms with Crippen molar-refractivity contribution >= 4 is 11.6 Å². The van der Waals surface area contributed by atoms with Gasteiger partial charge < -0.3 is 0 Å². The molecule has 0 bridgehead atoms. The zero-order valence-electron chi connectivity index (χ0n) is 6.98. The molecule has 0 saturated carbocycles. The molecule has 0 aliphatic heterocycles. The molecule has 2 heterocycles. The van der Waals surface area contributed by atoms with E-state index in [-0.39, 0.29) is 0 Å². The van der Waals surface area contributed by atoms with Crippen molar-refractivity contribution < 1.29 is 0 Å². The highest BCUT2D eigenvalue weighted by Crippen LogP contribution is 2.16. The maximum atomic E-state index is 5.75. The van der Waals surface area contributed by atoms with Crippen LogP contribution in [0.25, 0.3) is 11.4 Å². The molecule has 0 aliphatic carbocycles. The maximum Gasteiger partial charge on any atom is 0.129 e. The topological polar surface area (TPSA) is 43.6 Å². The maximum absolute atomic E-state index is 5.75. The second-order valence-corrected chi connectivity index (χ2v) is 2.98. The van der Waals surface area contributed by atoms with Crippen LogP contribution in [0.15, 0.2) is 24.4 Å². The first-order valence-electron chi connectivity index (χ1n) is 3.75. The van der Waals surface area contributed by atoms with Gasteiger partial charge in [0.15, 0.2) is 0 Å². The van der Waals surface area contributed by atoms with E-state index in [0.717, 1.165) is 11.4 Å². The van der Waals surface area contributed by atoms with Gasteiger partial charge in [-0.2, -0.15) is 0 Å². The quantitative estimate of drug-likeness (QED) is 0.647.